The molecule has 1 aliphatic heterocycles. The van der Waals surface area contributed by atoms with Crippen molar-refractivity contribution in [3.63, 3.8) is 0 Å². The number of carbonyl (C=O) groups is 1. The van der Waals surface area contributed by atoms with Crippen LogP contribution in [0.3, 0.4) is 0 Å². The number of nitrogens with zero attached hydrogens (tertiary/aromatic N) is 1. The van der Waals surface area contributed by atoms with Gasteiger partial charge in [0, 0.05) is 36.5 Å². The van der Waals surface area contributed by atoms with Gasteiger partial charge in [0.1, 0.15) is 11.9 Å². The molecular weight excluding hydrogens is 368 g/mol. The lowest BCUT2D eigenvalue weighted by Gasteiger charge is -2.24. The van der Waals surface area contributed by atoms with Crippen LogP contribution in [0.25, 0.3) is 0 Å². The summed E-state index contributed by atoms with van der Waals surface area (Å²) in [4.78, 5) is 15.8. The zero-order valence-corrected chi connectivity index (χ0v) is 16.5. The van der Waals surface area contributed by atoms with Gasteiger partial charge in [-0.3, -0.25) is 9.69 Å². The van der Waals surface area contributed by atoms with Crippen molar-refractivity contribution >= 4 is 17.2 Å². The molecule has 3 aromatic rings. The summed E-state index contributed by atoms with van der Waals surface area (Å²) in [7, 11) is 0. The molecule has 5 heteroatoms. The summed E-state index contributed by atoms with van der Waals surface area (Å²) in [5.41, 5.74) is 2.33. The highest BCUT2D eigenvalue weighted by Crippen LogP contribution is 2.31. The Bertz CT molecular complexity index is 896. The molecule has 0 spiro atoms. The fourth-order valence-electron chi connectivity index (χ4n) is 3.44. The second-order valence-electron chi connectivity index (χ2n) is 6.97. The van der Waals surface area contributed by atoms with Crippen molar-refractivity contribution < 1.29 is 9.53 Å². The van der Waals surface area contributed by atoms with E-state index in [1.165, 1.54) is 10.4 Å². The number of amides is 1. The van der Waals surface area contributed by atoms with Gasteiger partial charge in [0.05, 0.1) is 6.54 Å². The third-order valence-corrected chi connectivity index (χ3v) is 5.80. The summed E-state index contributed by atoms with van der Waals surface area (Å²) in [6.45, 7) is 2.86. The van der Waals surface area contributed by atoms with Crippen molar-refractivity contribution in [1.82, 2.24) is 10.2 Å². The topological polar surface area (TPSA) is 41.6 Å². The number of benzene rings is 2. The molecule has 0 radical (unpaired) electrons. The zero-order chi connectivity index (χ0) is 19.2. The number of hydrogen-bond donors (Lipinski definition) is 1. The molecule has 2 aromatic carbocycles. The van der Waals surface area contributed by atoms with Gasteiger partial charge in [-0.15, -0.1) is 11.3 Å². The first-order valence-electron chi connectivity index (χ1n) is 9.59. The summed E-state index contributed by atoms with van der Waals surface area (Å²) >= 11 is 1.66. The third kappa shape index (κ3) is 4.80. The van der Waals surface area contributed by atoms with Gasteiger partial charge >= 0.3 is 0 Å². The minimum atomic E-state index is -0.0426. The number of rotatable bonds is 6. The minimum Gasteiger partial charge on any atom is -0.484 e. The lowest BCUT2D eigenvalue weighted by Crippen LogP contribution is -2.32. The van der Waals surface area contributed by atoms with Crippen molar-refractivity contribution in [2.24, 2.45) is 0 Å². The molecule has 1 amide bonds. The standard InChI is InChI=1S/C23H24N2O2S/c26-23(24-15-20-10-6-14-28-20)12-13-25-16-19-9-4-5-11-21(19)27-22(17-25)18-7-2-1-3-8-18/h1-11,14,22H,12-13,15-17H2,(H,24,26). The van der Waals surface area contributed by atoms with E-state index in [1.807, 2.05) is 53.9 Å². The average Bonchev–Trinajstić information content (AvgIpc) is 3.18. The first-order chi connectivity index (χ1) is 13.8. The van der Waals surface area contributed by atoms with Crippen molar-refractivity contribution in [1.29, 1.82) is 0 Å². The Morgan fingerprint density at radius 1 is 1.07 bits per heavy atom. The van der Waals surface area contributed by atoms with Crippen LogP contribution in [-0.2, 0) is 17.9 Å². The van der Waals surface area contributed by atoms with Gasteiger partial charge in [0.2, 0.25) is 5.91 Å². The number of nitrogens with one attached hydrogen (secondary N) is 1. The Labute approximate surface area is 169 Å². The summed E-state index contributed by atoms with van der Waals surface area (Å²) in [6, 6.07) is 22.5. The van der Waals surface area contributed by atoms with Gasteiger partial charge in [-0.05, 0) is 23.1 Å². The summed E-state index contributed by atoms with van der Waals surface area (Å²) in [5.74, 6) is 1.02. The van der Waals surface area contributed by atoms with Crippen molar-refractivity contribution in [2.75, 3.05) is 13.1 Å². The molecule has 0 saturated heterocycles. The van der Waals surface area contributed by atoms with E-state index in [2.05, 4.69) is 28.4 Å². The van der Waals surface area contributed by atoms with Gasteiger partial charge in [0.25, 0.3) is 0 Å². The lowest BCUT2D eigenvalue weighted by molar-refractivity contribution is -0.121. The molecule has 0 bridgehead atoms. The van der Waals surface area contributed by atoms with E-state index in [0.717, 1.165) is 24.4 Å². The van der Waals surface area contributed by atoms with Gasteiger partial charge in [0.15, 0.2) is 0 Å². The Morgan fingerprint density at radius 2 is 1.89 bits per heavy atom. The molecule has 2 heterocycles. The molecular formula is C23H24N2O2S. The maximum atomic E-state index is 12.3. The molecule has 1 unspecified atom stereocenters. The van der Waals surface area contributed by atoms with E-state index in [-0.39, 0.29) is 12.0 Å². The smallest absolute Gasteiger partial charge is 0.221 e. The quantitative estimate of drug-likeness (QED) is 0.676. The van der Waals surface area contributed by atoms with E-state index >= 15 is 0 Å². The Hall–Kier alpha value is -2.63. The second kappa shape index (κ2) is 9.04. The van der Waals surface area contributed by atoms with Crippen LogP contribution < -0.4 is 10.1 Å². The van der Waals surface area contributed by atoms with Crippen LogP contribution in [-0.4, -0.2) is 23.9 Å². The van der Waals surface area contributed by atoms with Crippen LogP contribution in [0.2, 0.25) is 0 Å². The maximum Gasteiger partial charge on any atom is 0.221 e. The highest BCUT2D eigenvalue weighted by molar-refractivity contribution is 7.09. The lowest BCUT2D eigenvalue weighted by atomic mass is 10.1. The molecule has 0 aliphatic carbocycles. The normalized spacial score (nSPS) is 16.6. The number of ether oxygens (including phenoxy) is 1. The average molecular weight is 393 g/mol. The first-order valence-corrected chi connectivity index (χ1v) is 10.5. The predicted molar refractivity (Wildman–Crippen MR) is 112 cm³/mol. The van der Waals surface area contributed by atoms with Crippen molar-refractivity contribution in [3.8, 4) is 5.75 Å². The Morgan fingerprint density at radius 3 is 2.71 bits per heavy atom. The highest BCUT2D eigenvalue weighted by Gasteiger charge is 2.24. The van der Waals surface area contributed by atoms with Crippen LogP contribution in [0.5, 0.6) is 5.75 Å². The predicted octanol–water partition coefficient (Wildman–Crippen LogP) is 4.39. The van der Waals surface area contributed by atoms with Gasteiger partial charge in [-0.2, -0.15) is 0 Å². The van der Waals surface area contributed by atoms with Crippen LogP contribution in [0, 0.1) is 0 Å². The molecule has 144 valence electrons. The van der Waals surface area contributed by atoms with Gasteiger partial charge in [-0.25, -0.2) is 0 Å². The molecule has 1 aliphatic rings. The fraction of sp³-hybridized carbons (Fsp3) is 0.261. The largest absolute Gasteiger partial charge is 0.484 e. The molecule has 4 nitrogen and oxygen atoms in total. The Balaban J connectivity index is 1.41. The summed E-state index contributed by atoms with van der Waals surface area (Å²) in [6.07, 6.45) is 0.439. The number of para-hydroxylation sites is 1. The maximum absolute atomic E-state index is 12.3. The van der Waals surface area contributed by atoms with E-state index in [1.54, 1.807) is 11.3 Å². The second-order valence-corrected chi connectivity index (χ2v) is 8.00. The minimum absolute atomic E-state index is 0.0426. The van der Waals surface area contributed by atoms with Crippen molar-refractivity contribution in [3.05, 3.63) is 88.1 Å². The van der Waals surface area contributed by atoms with Gasteiger partial charge < -0.3 is 10.1 Å². The molecule has 0 fully saturated rings. The zero-order valence-electron chi connectivity index (χ0n) is 15.7. The summed E-state index contributed by atoms with van der Waals surface area (Å²) < 4.78 is 6.34. The van der Waals surface area contributed by atoms with E-state index in [4.69, 9.17) is 4.74 Å². The third-order valence-electron chi connectivity index (χ3n) is 4.93. The Kier molecular flexibility index (Phi) is 6.04. The van der Waals surface area contributed by atoms with Crippen LogP contribution in [0.1, 0.15) is 28.5 Å². The molecule has 1 atom stereocenters. The monoisotopic (exact) mass is 392 g/mol. The van der Waals surface area contributed by atoms with Gasteiger partial charge in [-0.1, -0.05) is 54.6 Å². The molecule has 28 heavy (non-hydrogen) atoms. The van der Waals surface area contributed by atoms with E-state index in [9.17, 15) is 4.79 Å². The molecule has 1 N–H and O–H groups in total. The summed E-state index contributed by atoms with van der Waals surface area (Å²) in [5, 5.41) is 5.04. The van der Waals surface area contributed by atoms with Crippen LogP contribution >= 0.6 is 11.3 Å². The first kappa shape index (κ1) is 18.7. The van der Waals surface area contributed by atoms with Crippen molar-refractivity contribution in [2.45, 2.75) is 25.6 Å². The number of fused-ring (bicyclic) bond motifs is 1. The number of thiophene rings is 1. The molecule has 0 saturated carbocycles. The SMILES string of the molecule is O=C(CCN1Cc2ccccc2OC(c2ccccc2)C1)NCc1cccs1. The van der Waals surface area contributed by atoms with E-state index in [0.29, 0.717) is 19.5 Å². The molecule has 1 aromatic heterocycles. The molecule has 4 rings (SSSR count). The van der Waals surface area contributed by atoms with E-state index < -0.39 is 0 Å². The number of hydrogen-bond acceptors (Lipinski definition) is 4. The fourth-order valence-corrected chi connectivity index (χ4v) is 4.08. The van der Waals surface area contributed by atoms with Crippen LogP contribution in [0.15, 0.2) is 72.1 Å². The number of carbonyl (C=O) groups excluding carboxylic acids is 1. The van der Waals surface area contributed by atoms with Crippen LogP contribution in [0.4, 0.5) is 0 Å². The highest BCUT2D eigenvalue weighted by atomic mass is 32.1.